The number of benzene rings is 1. The molecule has 3 aromatic rings. The third-order valence-corrected chi connectivity index (χ3v) is 5.98. The molecule has 0 aliphatic heterocycles. The fraction of sp³-hybridized carbons (Fsp3) is 0.293. The van der Waals surface area contributed by atoms with E-state index in [-0.39, 0.29) is 22.6 Å². The van der Waals surface area contributed by atoms with E-state index in [2.05, 4.69) is 93.8 Å². The second-order valence-corrected chi connectivity index (χ2v) is 11.6. The van der Waals surface area contributed by atoms with E-state index in [1.54, 1.807) is 12.2 Å². The number of halogens is 2. The van der Waals surface area contributed by atoms with E-state index in [9.17, 15) is 0 Å². The van der Waals surface area contributed by atoms with Gasteiger partial charge in [0.15, 0.2) is 0 Å². The third kappa shape index (κ3) is 18.3. The van der Waals surface area contributed by atoms with Gasteiger partial charge < -0.3 is 7.43 Å². The zero-order valence-electron chi connectivity index (χ0n) is 30.4. The summed E-state index contributed by atoms with van der Waals surface area (Å²) in [5.74, 6) is 0.727. The van der Waals surface area contributed by atoms with Gasteiger partial charge in [0.1, 0.15) is 0 Å². The van der Waals surface area contributed by atoms with Crippen LogP contribution in [0.4, 0.5) is 0 Å². The topological polar surface area (TPSA) is 25.8 Å². The number of nitrogens with zero attached hydrogens (tertiary/aromatic N) is 2. The number of hydrogen-bond donors (Lipinski definition) is 0. The summed E-state index contributed by atoms with van der Waals surface area (Å²) in [6, 6.07) is 8.36. The minimum atomic E-state index is -0.346. The van der Waals surface area contributed by atoms with Crippen molar-refractivity contribution in [2.24, 2.45) is 5.92 Å². The van der Waals surface area contributed by atoms with Crippen molar-refractivity contribution in [3.63, 3.8) is 0 Å². The number of hydrogen-bond acceptors (Lipinski definition) is 2. The molecule has 0 aliphatic rings. The van der Waals surface area contributed by atoms with E-state index in [1.165, 1.54) is 5.57 Å². The zero-order chi connectivity index (χ0) is 35.2. The van der Waals surface area contributed by atoms with Gasteiger partial charge in [-0.05, 0) is 74.9 Å². The Labute approximate surface area is 299 Å². The molecule has 0 fully saturated rings. The molecule has 0 aliphatic carbocycles. The summed E-state index contributed by atoms with van der Waals surface area (Å²) in [7, 11) is 9.71. The van der Waals surface area contributed by atoms with Crippen LogP contribution in [0, 0.1) is 13.3 Å². The van der Waals surface area contributed by atoms with Gasteiger partial charge in [-0.15, -0.1) is 6.58 Å². The van der Waals surface area contributed by atoms with Gasteiger partial charge in [0.25, 0.3) is 0 Å². The summed E-state index contributed by atoms with van der Waals surface area (Å²) in [4.78, 5) is 9.34. The van der Waals surface area contributed by atoms with Crippen molar-refractivity contribution in [3.8, 4) is 0 Å². The van der Waals surface area contributed by atoms with Crippen LogP contribution in [0.1, 0.15) is 87.3 Å². The quantitative estimate of drug-likeness (QED) is 0.0790. The molecule has 3 rings (SSSR count). The van der Waals surface area contributed by atoms with Gasteiger partial charge in [0.05, 0.1) is 11.0 Å². The third-order valence-electron chi connectivity index (χ3n) is 5.98. The Balaban J connectivity index is -0.000000411. The Hall–Kier alpha value is -2.84. The molecule has 0 saturated heterocycles. The normalized spacial score (nSPS) is 11.0. The first kappa shape index (κ1) is 50.0. The summed E-state index contributed by atoms with van der Waals surface area (Å²) in [6.07, 6.45) is 23.4. The van der Waals surface area contributed by atoms with Gasteiger partial charge in [-0.1, -0.05) is 133 Å². The fourth-order valence-electron chi connectivity index (χ4n) is 3.72. The van der Waals surface area contributed by atoms with Crippen molar-refractivity contribution in [2.75, 3.05) is 0 Å². The average molecular weight is 752 g/mol. The molecule has 2 aromatic heterocycles. The average Bonchev–Trinajstić information content (AvgIpc) is 3.07. The van der Waals surface area contributed by atoms with Crippen molar-refractivity contribution >= 4 is 52.3 Å². The van der Waals surface area contributed by atoms with E-state index in [1.807, 2.05) is 97.3 Å². The molecule has 46 heavy (non-hydrogen) atoms. The molecular weight excluding hydrogens is 692 g/mol. The van der Waals surface area contributed by atoms with Crippen molar-refractivity contribution in [2.45, 2.75) is 76.2 Å². The Kier molecular flexibility index (Phi) is 36.5. The van der Waals surface area contributed by atoms with Crippen molar-refractivity contribution in [1.29, 1.82) is 0 Å². The van der Waals surface area contributed by atoms with Crippen molar-refractivity contribution < 1.29 is 15.1 Å². The van der Waals surface area contributed by atoms with Gasteiger partial charge in [-0.3, -0.25) is 9.97 Å². The molecule has 0 unspecified atom stereocenters. The van der Waals surface area contributed by atoms with Crippen molar-refractivity contribution in [3.05, 3.63) is 141 Å². The number of allylic oxidation sites excluding steroid dienone is 13. The van der Waals surface area contributed by atoms with Crippen LogP contribution in [0.3, 0.4) is 0 Å². The number of rotatable bonds is 7. The minimum absolute atomic E-state index is 0. The van der Waals surface area contributed by atoms with Crippen LogP contribution < -0.4 is 0 Å². The molecule has 0 spiro atoms. The first-order chi connectivity index (χ1) is 21.8. The van der Waals surface area contributed by atoms with Crippen LogP contribution in [0.15, 0.2) is 123 Å². The van der Waals surface area contributed by atoms with E-state index in [0.717, 1.165) is 50.0 Å². The molecule has 0 N–H and O–H groups in total. The van der Waals surface area contributed by atoms with Crippen LogP contribution >= 0.6 is 19.4 Å². The van der Waals surface area contributed by atoms with Gasteiger partial charge in [-0.2, -0.15) is 0 Å². The van der Waals surface area contributed by atoms with Gasteiger partial charge in [0.2, 0.25) is 0 Å². The van der Waals surface area contributed by atoms with Crippen LogP contribution in [0.2, 0.25) is 0 Å². The monoisotopic (exact) mass is 751 g/mol. The summed E-state index contributed by atoms with van der Waals surface area (Å²) < 4.78 is 0. The molecular formula is C41H59Cl2N2Ru-. The molecule has 0 radical (unpaired) electrons. The Morgan fingerprint density at radius 3 is 1.48 bits per heavy atom. The van der Waals surface area contributed by atoms with Crippen LogP contribution in [-0.4, -0.2) is 9.97 Å². The van der Waals surface area contributed by atoms with Gasteiger partial charge in [-0.25, -0.2) is 0 Å². The van der Waals surface area contributed by atoms with Gasteiger partial charge in [0, 0.05) is 23.2 Å². The van der Waals surface area contributed by atoms with Crippen LogP contribution in [-0.2, 0) is 15.1 Å². The first-order valence-electron chi connectivity index (χ1n) is 15.4. The second kappa shape index (κ2) is 33.5. The molecule has 0 atom stereocenters. The number of aromatic nitrogens is 2. The fourth-order valence-corrected chi connectivity index (χ4v) is 3.72. The first-order valence-corrected chi connectivity index (χ1v) is 19.9. The molecule has 0 saturated carbocycles. The molecule has 0 amide bonds. The number of pyridine rings is 2. The van der Waals surface area contributed by atoms with Gasteiger partial charge >= 0.3 is 34.5 Å². The SMILES string of the molecule is C/C=C(\C)C(C)C.C=C/C=C\C(=C/C)c1ccnc2c1ccc1c(C(/C=C\C)=C/C=C)ccnc12.C=CC.CC.CC.[CH3-].[Cl][Ru][Cl]. The Morgan fingerprint density at radius 1 is 0.739 bits per heavy atom. The Morgan fingerprint density at radius 2 is 1.17 bits per heavy atom. The molecule has 0 bridgehead atoms. The summed E-state index contributed by atoms with van der Waals surface area (Å²) in [5.41, 5.74) is 7.76. The Bertz CT molecular complexity index is 1410. The van der Waals surface area contributed by atoms with Crippen LogP contribution in [0.25, 0.3) is 33.0 Å². The number of fused-ring (bicyclic) bond motifs is 3. The standard InChI is InChI=1S/C26H24N2.C7H14.C3H6.2C2H6.CH3.2ClH.Ru/c1-5-9-12-19(8-4)21-15-17-27-25-23(21)13-14-24-22(16-18-28-26(24)25)20(10-6-2)11-7-3;1-5-7(4)6(2)3;1-3-2;2*1-2;;;;/h5-18H,1-2H2,3-4H3;5-6H,1-4H3;3H,1H2,2H3;2*1-2H3;1H3;2*1H;/q;;;;;-1;;;+2/p-2/b11-7-,12-9-,19-8+,20-10+;7-5+;;;;;;;. The maximum atomic E-state index is 4.85. The van der Waals surface area contributed by atoms with Crippen molar-refractivity contribution in [1.82, 2.24) is 9.97 Å². The molecule has 1 aromatic carbocycles. The summed E-state index contributed by atoms with van der Waals surface area (Å²) in [5, 5.41) is 2.16. The van der Waals surface area contributed by atoms with E-state index < -0.39 is 0 Å². The zero-order valence-corrected chi connectivity index (χ0v) is 33.7. The second-order valence-electron chi connectivity index (χ2n) is 8.92. The predicted molar refractivity (Wildman–Crippen MR) is 214 cm³/mol. The predicted octanol–water partition coefficient (Wildman–Crippen LogP) is 14.8. The maximum absolute atomic E-state index is 4.85. The molecule has 5 heteroatoms. The van der Waals surface area contributed by atoms with Crippen LogP contribution in [0.5, 0.6) is 0 Å². The molecule has 256 valence electrons. The van der Waals surface area contributed by atoms with E-state index in [0.29, 0.717) is 0 Å². The molecule has 2 heterocycles. The summed E-state index contributed by atoms with van der Waals surface area (Å²) in [6.45, 7) is 33.6. The van der Waals surface area contributed by atoms with E-state index in [4.69, 9.17) is 19.4 Å². The van der Waals surface area contributed by atoms with E-state index >= 15 is 0 Å². The molecule has 2 nitrogen and oxygen atoms in total. The summed E-state index contributed by atoms with van der Waals surface area (Å²) >= 11 is -0.346.